The second-order valence-electron chi connectivity index (χ2n) is 6.28. The summed E-state index contributed by atoms with van der Waals surface area (Å²) in [6, 6.07) is 10.9. The van der Waals surface area contributed by atoms with Gasteiger partial charge < -0.3 is 20.1 Å². The van der Waals surface area contributed by atoms with E-state index in [0.717, 1.165) is 16.5 Å². The first kappa shape index (κ1) is 20.2. The number of hydrogen-bond donors (Lipinski definition) is 3. The molecule has 0 saturated carbocycles. The van der Waals surface area contributed by atoms with Gasteiger partial charge in [-0.2, -0.15) is 5.10 Å². The van der Waals surface area contributed by atoms with Gasteiger partial charge in [0.2, 0.25) is 0 Å². The number of aromatic nitrogens is 2. The molecule has 0 saturated heterocycles. The van der Waals surface area contributed by atoms with Crippen LogP contribution < -0.4 is 20.1 Å². The number of fused-ring (bicyclic) bond motifs is 1. The van der Waals surface area contributed by atoms with E-state index in [4.69, 9.17) is 9.47 Å². The van der Waals surface area contributed by atoms with Gasteiger partial charge in [-0.05, 0) is 56.2 Å². The van der Waals surface area contributed by atoms with Gasteiger partial charge in [0.1, 0.15) is 0 Å². The SMILES string of the molecule is CCOc1ccc(CCNC(=O)C(=O)Nc2ccc3cn[nH]c3c2)cc1OCC. The van der Waals surface area contributed by atoms with Gasteiger partial charge in [0.05, 0.1) is 24.9 Å². The average Bonchev–Trinajstić information content (AvgIpc) is 3.18. The van der Waals surface area contributed by atoms with Crippen LogP contribution >= 0.6 is 0 Å². The molecule has 0 unspecified atom stereocenters. The van der Waals surface area contributed by atoms with Crippen LogP contribution in [0, 0.1) is 0 Å². The van der Waals surface area contributed by atoms with Gasteiger partial charge in [0.25, 0.3) is 0 Å². The van der Waals surface area contributed by atoms with Crippen molar-refractivity contribution in [2.75, 3.05) is 25.1 Å². The number of amides is 2. The molecular weight excluding hydrogens is 372 g/mol. The van der Waals surface area contributed by atoms with Crippen LogP contribution in [0.2, 0.25) is 0 Å². The summed E-state index contributed by atoms with van der Waals surface area (Å²) in [7, 11) is 0. The average molecular weight is 396 g/mol. The third-order valence-electron chi connectivity index (χ3n) is 4.21. The molecule has 0 aliphatic rings. The normalized spacial score (nSPS) is 10.6. The number of anilines is 1. The molecule has 0 radical (unpaired) electrons. The fraction of sp³-hybridized carbons (Fsp3) is 0.286. The third-order valence-corrected chi connectivity index (χ3v) is 4.21. The van der Waals surface area contributed by atoms with E-state index in [2.05, 4.69) is 20.8 Å². The number of nitrogens with one attached hydrogen (secondary N) is 3. The number of carbonyl (C=O) groups is 2. The molecule has 152 valence electrons. The molecular formula is C21H24N4O4. The number of aromatic amines is 1. The summed E-state index contributed by atoms with van der Waals surface area (Å²) in [5.74, 6) is -0.0443. The summed E-state index contributed by atoms with van der Waals surface area (Å²) in [6.07, 6.45) is 2.25. The summed E-state index contributed by atoms with van der Waals surface area (Å²) in [4.78, 5) is 24.2. The topological polar surface area (TPSA) is 105 Å². The lowest BCUT2D eigenvalue weighted by atomic mass is 10.1. The maximum atomic E-state index is 12.1. The van der Waals surface area contributed by atoms with Crippen LogP contribution in [0.3, 0.4) is 0 Å². The van der Waals surface area contributed by atoms with Crippen LogP contribution in [0.5, 0.6) is 11.5 Å². The zero-order valence-corrected chi connectivity index (χ0v) is 16.5. The fourth-order valence-electron chi connectivity index (χ4n) is 2.85. The third kappa shape index (κ3) is 5.25. The Kier molecular flexibility index (Phi) is 6.67. The van der Waals surface area contributed by atoms with Crippen molar-refractivity contribution in [2.24, 2.45) is 0 Å². The van der Waals surface area contributed by atoms with E-state index in [1.54, 1.807) is 18.3 Å². The molecule has 0 bridgehead atoms. The van der Waals surface area contributed by atoms with Gasteiger partial charge in [-0.3, -0.25) is 14.7 Å². The van der Waals surface area contributed by atoms with E-state index in [0.29, 0.717) is 43.4 Å². The maximum Gasteiger partial charge on any atom is 0.313 e. The number of benzene rings is 2. The number of carbonyl (C=O) groups excluding carboxylic acids is 2. The van der Waals surface area contributed by atoms with Gasteiger partial charge in [0, 0.05) is 17.6 Å². The van der Waals surface area contributed by atoms with E-state index in [-0.39, 0.29) is 0 Å². The van der Waals surface area contributed by atoms with Crippen LogP contribution in [0.15, 0.2) is 42.6 Å². The van der Waals surface area contributed by atoms with Gasteiger partial charge >= 0.3 is 11.8 Å². The first-order chi connectivity index (χ1) is 14.1. The van der Waals surface area contributed by atoms with E-state index in [1.807, 2.05) is 38.1 Å². The van der Waals surface area contributed by atoms with E-state index in [9.17, 15) is 9.59 Å². The minimum absolute atomic E-state index is 0.325. The molecule has 2 aromatic carbocycles. The standard InChI is InChI=1S/C21H24N4O4/c1-3-28-18-8-5-14(11-19(18)29-4-2)9-10-22-20(26)21(27)24-16-7-6-15-13-23-25-17(15)12-16/h5-8,11-13H,3-4,9-10H2,1-2H3,(H,22,26)(H,23,25)(H,24,27). The highest BCUT2D eigenvalue weighted by Gasteiger charge is 2.14. The predicted molar refractivity (Wildman–Crippen MR) is 110 cm³/mol. The van der Waals surface area contributed by atoms with E-state index >= 15 is 0 Å². The van der Waals surface area contributed by atoms with Crippen molar-refractivity contribution in [3.63, 3.8) is 0 Å². The summed E-state index contributed by atoms with van der Waals surface area (Å²) in [5, 5.41) is 12.9. The zero-order valence-electron chi connectivity index (χ0n) is 16.5. The van der Waals surface area contributed by atoms with Crippen LogP contribution in [0.25, 0.3) is 10.9 Å². The minimum Gasteiger partial charge on any atom is -0.490 e. The fourth-order valence-corrected chi connectivity index (χ4v) is 2.85. The molecule has 0 aliphatic heterocycles. The Balaban J connectivity index is 1.52. The molecule has 3 rings (SSSR count). The number of H-pyrrole nitrogens is 1. The van der Waals surface area contributed by atoms with Gasteiger partial charge in [-0.1, -0.05) is 6.07 Å². The number of hydrogen-bond acceptors (Lipinski definition) is 5. The van der Waals surface area contributed by atoms with E-state index < -0.39 is 11.8 Å². The van der Waals surface area contributed by atoms with Crippen molar-refractivity contribution in [1.29, 1.82) is 0 Å². The monoisotopic (exact) mass is 396 g/mol. The van der Waals surface area contributed by atoms with Crippen molar-refractivity contribution in [1.82, 2.24) is 15.5 Å². The van der Waals surface area contributed by atoms with E-state index in [1.165, 1.54) is 0 Å². The number of nitrogens with zero attached hydrogens (tertiary/aromatic N) is 1. The number of rotatable bonds is 8. The Morgan fingerprint density at radius 3 is 2.59 bits per heavy atom. The molecule has 29 heavy (non-hydrogen) atoms. The zero-order chi connectivity index (χ0) is 20.6. The van der Waals surface area contributed by atoms with Crippen LogP contribution in [0.4, 0.5) is 5.69 Å². The molecule has 3 N–H and O–H groups in total. The first-order valence-electron chi connectivity index (χ1n) is 9.51. The minimum atomic E-state index is -0.717. The Morgan fingerprint density at radius 1 is 1.00 bits per heavy atom. The summed E-state index contributed by atoms with van der Waals surface area (Å²) in [6.45, 7) is 5.23. The molecule has 8 nitrogen and oxygen atoms in total. The van der Waals surface area contributed by atoms with Crippen LogP contribution in [0.1, 0.15) is 19.4 Å². The van der Waals surface area contributed by atoms with Gasteiger partial charge in [-0.15, -0.1) is 0 Å². The second-order valence-corrected chi connectivity index (χ2v) is 6.28. The number of ether oxygens (including phenoxy) is 2. The molecule has 0 atom stereocenters. The summed E-state index contributed by atoms with van der Waals surface area (Å²) < 4.78 is 11.1. The molecule has 1 heterocycles. The quantitative estimate of drug-likeness (QED) is 0.508. The maximum absolute atomic E-state index is 12.1. The highest BCUT2D eigenvalue weighted by atomic mass is 16.5. The van der Waals surface area contributed by atoms with Crippen molar-refractivity contribution in [3.8, 4) is 11.5 Å². The molecule has 1 aromatic heterocycles. The molecule has 0 fully saturated rings. The first-order valence-corrected chi connectivity index (χ1v) is 9.51. The largest absolute Gasteiger partial charge is 0.490 e. The Labute approximate surface area is 168 Å². The van der Waals surface area contributed by atoms with Crippen molar-refractivity contribution < 1.29 is 19.1 Å². The highest BCUT2D eigenvalue weighted by molar-refractivity contribution is 6.39. The van der Waals surface area contributed by atoms with Crippen molar-refractivity contribution in [2.45, 2.75) is 20.3 Å². The molecule has 2 amide bonds. The lowest BCUT2D eigenvalue weighted by Gasteiger charge is -2.12. The smallest absolute Gasteiger partial charge is 0.313 e. The second kappa shape index (κ2) is 9.59. The predicted octanol–water partition coefficient (Wildman–Crippen LogP) is 2.66. The molecule has 0 aliphatic carbocycles. The van der Waals surface area contributed by atoms with Crippen LogP contribution in [-0.2, 0) is 16.0 Å². The lowest BCUT2D eigenvalue weighted by molar-refractivity contribution is -0.136. The Morgan fingerprint density at radius 2 is 1.79 bits per heavy atom. The molecule has 8 heteroatoms. The molecule has 0 spiro atoms. The Bertz CT molecular complexity index is 999. The summed E-state index contributed by atoms with van der Waals surface area (Å²) in [5.41, 5.74) is 2.28. The lowest BCUT2D eigenvalue weighted by Crippen LogP contribution is -2.36. The Hall–Kier alpha value is -3.55. The van der Waals surface area contributed by atoms with Crippen LogP contribution in [-0.4, -0.2) is 41.8 Å². The van der Waals surface area contributed by atoms with Gasteiger partial charge in [0.15, 0.2) is 11.5 Å². The highest BCUT2D eigenvalue weighted by Crippen LogP contribution is 2.28. The van der Waals surface area contributed by atoms with Crippen molar-refractivity contribution in [3.05, 3.63) is 48.2 Å². The van der Waals surface area contributed by atoms with Crippen molar-refractivity contribution >= 4 is 28.4 Å². The molecule has 3 aromatic rings. The summed E-state index contributed by atoms with van der Waals surface area (Å²) >= 11 is 0. The van der Waals surface area contributed by atoms with Gasteiger partial charge in [-0.25, -0.2) is 0 Å².